The molecule has 0 aliphatic carbocycles. The van der Waals surface area contributed by atoms with Gasteiger partial charge < -0.3 is 2.85 Å². The Balaban J connectivity index is -0.000000360. The van der Waals surface area contributed by atoms with E-state index in [1.807, 2.05) is 0 Å². The molecule has 1 aliphatic rings. The molecule has 0 spiro atoms. The predicted molar refractivity (Wildman–Crippen MR) is 40.5 cm³/mol. The van der Waals surface area contributed by atoms with Crippen molar-refractivity contribution < 1.29 is 115 Å². The molecule has 2 amide bonds. The number of imide groups is 1. The van der Waals surface area contributed by atoms with Gasteiger partial charge in [0, 0.05) is 0 Å². The Morgan fingerprint density at radius 2 is 1.31 bits per heavy atom. The summed E-state index contributed by atoms with van der Waals surface area (Å²) in [6, 6.07) is 6.74. The molecule has 1 aliphatic heterocycles. The smallest absolute Gasteiger partial charge is 1.00 e. The number of nitrogens with one attached hydrogen (secondary N) is 1. The molecule has 0 aromatic heterocycles. The Labute approximate surface area is 164 Å². The van der Waals surface area contributed by atoms with Crippen LogP contribution in [-0.4, -0.2) is 11.8 Å². The van der Waals surface area contributed by atoms with Crippen molar-refractivity contribution in [3.63, 3.8) is 0 Å². The van der Waals surface area contributed by atoms with Crippen LogP contribution in [-0.2, 0) is 0 Å². The quantitative estimate of drug-likeness (QED) is 0.356. The van der Waals surface area contributed by atoms with E-state index in [4.69, 9.17) is 0 Å². The van der Waals surface area contributed by atoms with Gasteiger partial charge in [-0.15, -0.1) is 0 Å². The van der Waals surface area contributed by atoms with Crippen molar-refractivity contribution in [2.45, 2.75) is 0 Å². The van der Waals surface area contributed by atoms with Crippen LogP contribution in [0.3, 0.4) is 0 Å². The third-order valence-electron chi connectivity index (χ3n) is 1.64. The Morgan fingerprint density at radius 1 is 0.923 bits per heavy atom. The number of carbonyl (C=O) groups excluding carboxylic acids is 2. The maximum atomic E-state index is 10.9. The van der Waals surface area contributed by atoms with Crippen LogP contribution < -0.4 is 108 Å². The van der Waals surface area contributed by atoms with Crippen molar-refractivity contribution in [2.24, 2.45) is 0 Å². The number of carbonyl (C=O) groups is 2. The average Bonchev–Trinajstić information content (AvgIpc) is 2.30. The fourth-order valence-corrected chi connectivity index (χ4v) is 1.12. The van der Waals surface area contributed by atoms with Crippen LogP contribution in [0.1, 0.15) is 23.6 Å². The summed E-state index contributed by atoms with van der Waals surface area (Å²) in [4.78, 5) is 21.9. The van der Waals surface area contributed by atoms with Crippen LogP contribution in [0.5, 0.6) is 0 Å². The summed E-state index contributed by atoms with van der Waals surface area (Å²) in [5.74, 6) is -0.601. The Bertz CT molecular complexity index is 327. The summed E-state index contributed by atoms with van der Waals surface area (Å²) >= 11 is 0. The topological polar surface area (TPSA) is 46.2 Å². The van der Waals surface area contributed by atoms with Gasteiger partial charge in [0.25, 0.3) is 11.8 Å². The number of benzene rings is 1. The first kappa shape index (κ1) is 14.6. The van der Waals surface area contributed by atoms with Gasteiger partial charge >= 0.3 is 103 Å². The minimum absolute atomic E-state index is 0. The molecule has 0 saturated carbocycles. The van der Waals surface area contributed by atoms with Gasteiger partial charge in [-0.05, 0) is 12.1 Å². The zero-order valence-electron chi connectivity index (χ0n) is 9.63. The van der Waals surface area contributed by atoms with Crippen molar-refractivity contribution in [2.75, 3.05) is 0 Å². The summed E-state index contributed by atoms with van der Waals surface area (Å²) in [5, 5.41) is 2.20. The molecule has 0 saturated heterocycles. The van der Waals surface area contributed by atoms with Gasteiger partial charge in [0.05, 0.1) is 11.1 Å². The fraction of sp³-hybridized carbons (Fsp3) is 0. The summed E-state index contributed by atoms with van der Waals surface area (Å²) in [6.45, 7) is 0. The van der Waals surface area contributed by atoms with Crippen LogP contribution >= 0.6 is 0 Å². The summed E-state index contributed by atoms with van der Waals surface area (Å²) in [7, 11) is 0. The molecule has 13 heavy (non-hydrogen) atoms. The molecular weight excluding hydrogens is 220 g/mol. The zero-order chi connectivity index (χ0) is 7.84. The Hall–Kier alpha value is 1.63. The first-order chi connectivity index (χ1) is 5.29. The third kappa shape index (κ3) is 3.04. The van der Waals surface area contributed by atoms with Crippen molar-refractivity contribution in [3.05, 3.63) is 35.4 Å². The molecule has 1 aromatic carbocycles. The molecule has 0 fully saturated rings. The fourth-order valence-electron chi connectivity index (χ4n) is 1.12. The second-order valence-corrected chi connectivity index (χ2v) is 2.33. The van der Waals surface area contributed by atoms with Gasteiger partial charge in [-0.1, -0.05) is 12.1 Å². The summed E-state index contributed by atoms with van der Waals surface area (Å²) < 4.78 is 0. The Kier molecular flexibility index (Phi) is 7.05. The largest absolute Gasteiger partial charge is 1.00 e. The molecular formula is C8H7K2NO2. The van der Waals surface area contributed by atoms with Crippen molar-refractivity contribution in [1.29, 1.82) is 0 Å². The van der Waals surface area contributed by atoms with Gasteiger partial charge in [-0.3, -0.25) is 14.9 Å². The van der Waals surface area contributed by atoms with E-state index in [2.05, 4.69) is 5.32 Å². The average molecular weight is 227 g/mol. The van der Waals surface area contributed by atoms with Crippen molar-refractivity contribution >= 4 is 11.8 Å². The molecule has 3 nitrogen and oxygen atoms in total. The molecule has 0 atom stereocenters. The third-order valence-corrected chi connectivity index (χ3v) is 1.64. The van der Waals surface area contributed by atoms with E-state index in [9.17, 15) is 9.59 Å². The second-order valence-electron chi connectivity index (χ2n) is 2.33. The molecule has 1 aromatic rings. The molecule has 5 heteroatoms. The van der Waals surface area contributed by atoms with Crippen LogP contribution in [0.15, 0.2) is 24.3 Å². The number of fused-ring (bicyclic) bond motifs is 1. The van der Waals surface area contributed by atoms with E-state index in [-0.39, 0.29) is 117 Å². The van der Waals surface area contributed by atoms with E-state index in [1.54, 1.807) is 24.3 Å². The van der Waals surface area contributed by atoms with Crippen molar-refractivity contribution in [3.8, 4) is 0 Å². The SMILES string of the molecule is O=C1NC(=O)c2ccccc21.[H-].[H-].[K+].[K+]. The van der Waals surface area contributed by atoms with Gasteiger partial charge in [-0.25, -0.2) is 0 Å². The monoisotopic (exact) mass is 227 g/mol. The molecule has 0 radical (unpaired) electrons. The van der Waals surface area contributed by atoms with E-state index >= 15 is 0 Å². The van der Waals surface area contributed by atoms with Gasteiger partial charge in [-0.2, -0.15) is 0 Å². The normalized spacial score (nSPS) is 12.3. The van der Waals surface area contributed by atoms with Gasteiger partial charge in [0.15, 0.2) is 0 Å². The minimum atomic E-state index is -0.300. The van der Waals surface area contributed by atoms with Crippen molar-refractivity contribution in [1.82, 2.24) is 5.32 Å². The molecule has 0 bridgehead atoms. The van der Waals surface area contributed by atoms with E-state index in [1.165, 1.54) is 0 Å². The van der Waals surface area contributed by atoms with E-state index in [0.717, 1.165) is 0 Å². The first-order valence-corrected chi connectivity index (χ1v) is 3.24. The van der Waals surface area contributed by atoms with Gasteiger partial charge in [0.2, 0.25) is 0 Å². The Morgan fingerprint density at radius 3 is 1.69 bits per heavy atom. The molecule has 1 N–H and O–H groups in total. The minimum Gasteiger partial charge on any atom is -1.00 e. The number of amides is 2. The zero-order valence-corrected chi connectivity index (χ0v) is 13.9. The van der Waals surface area contributed by atoms with Crippen LogP contribution in [0.25, 0.3) is 0 Å². The number of hydrogen-bond acceptors (Lipinski definition) is 2. The number of hydrogen-bond donors (Lipinski definition) is 1. The van der Waals surface area contributed by atoms with Crippen LogP contribution in [0.2, 0.25) is 0 Å². The van der Waals surface area contributed by atoms with Crippen LogP contribution in [0, 0.1) is 0 Å². The summed E-state index contributed by atoms with van der Waals surface area (Å²) in [6.07, 6.45) is 0. The predicted octanol–water partition coefficient (Wildman–Crippen LogP) is -5.20. The maximum absolute atomic E-state index is 10.9. The molecule has 2 rings (SSSR count). The summed E-state index contributed by atoms with van der Waals surface area (Å²) in [5.41, 5.74) is 0.940. The molecule has 0 unspecified atom stereocenters. The first-order valence-electron chi connectivity index (χ1n) is 3.24. The maximum Gasteiger partial charge on any atom is 1.00 e. The number of rotatable bonds is 0. The molecule has 58 valence electrons. The van der Waals surface area contributed by atoms with E-state index < -0.39 is 0 Å². The van der Waals surface area contributed by atoms with Gasteiger partial charge in [0.1, 0.15) is 0 Å². The second kappa shape index (κ2) is 6.27. The van der Waals surface area contributed by atoms with E-state index in [0.29, 0.717) is 11.1 Å². The van der Waals surface area contributed by atoms with Crippen LogP contribution in [0.4, 0.5) is 0 Å². The standard InChI is InChI=1S/C8H5NO2.2K.2H/c10-7-5-3-1-2-4-6(5)8(11)9-7;;;;/h1-4H,(H,9,10,11);;;;/q;2*+1;2*-1. The molecule has 1 heterocycles.